The molecule has 1 saturated heterocycles. The topological polar surface area (TPSA) is 34.2 Å². The number of nitrogens with zero attached hydrogens (tertiary/aromatic N) is 1. The molecule has 0 spiro atoms. The van der Waals surface area contributed by atoms with Gasteiger partial charge in [-0.1, -0.05) is 12.1 Å². The Kier molecular flexibility index (Phi) is 2.65. The number of morpholine rings is 1. The van der Waals surface area contributed by atoms with Gasteiger partial charge in [0, 0.05) is 13.1 Å². The Morgan fingerprint density at radius 2 is 2.24 bits per heavy atom. The second-order valence-electron chi connectivity index (χ2n) is 5.02. The number of benzene rings is 1. The molecule has 0 aliphatic carbocycles. The predicted octanol–water partition coefficient (Wildman–Crippen LogP) is 2.74. The zero-order chi connectivity index (χ0) is 11.9. The highest BCUT2D eigenvalue weighted by Gasteiger charge is 2.30. The quantitative estimate of drug-likeness (QED) is 0.842. The van der Waals surface area contributed by atoms with Crippen LogP contribution in [0.25, 0.3) is 10.2 Å². The molecule has 1 unspecified atom stereocenters. The molecule has 1 fully saturated rings. The number of thiazole rings is 1. The Bertz CT molecular complexity index is 502. The zero-order valence-electron chi connectivity index (χ0n) is 10.1. The van der Waals surface area contributed by atoms with Crippen LogP contribution in [0.3, 0.4) is 0 Å². The monoisotopic (exact) mass is 248 g/mol. The zero-order valence-corrected chi connectivity index (χ0v) is 10.9. The van der Waals surface area contributed by atoms with Crippen molar-refractivity contribution in [2.24, 2.45) is 0 Å². The molecule has 17 heavy (non-hydrogen) atoms. The maximum Gasteiger partial charge on any atom is 0.124 e. The minimum atomic E-state index is -0.110. The van der Waals surface area contributed by atoms with Gasteiger partial charge < -0.3 is 10.1 Å². The highest BCUT2D eigenvalue weighted by atomic mass is 32.1. The lowest BCUT2D eigenvalue weighted by atomic mass is 10.1. The van der Waals surface area contributed by atoms with Crippen molar-refractivity contribution in [3.63, 3.8) is 0 Å². The summed E-state index contributed by atoms with van der Waals surface area (Å²) in [6.45, 7) is 5.97. The summed E-state index contributed by atoms with van der Waals surface area (Å²) in [6, 6.07) is 8.23. The Balaban J connectivity index is 1.93. The average molecular weight is 248 g/mol. The predicted molar refractivity (Wildman–Crippen MR) is 70.4 cm³/mol. The number of aromatic nitrogens is 1. The molecular formula is C13H16N2OS. The first kappa shape index (κ1) is 11.1. The maximum atomic E-state index is 6.07. The largest absolute Gasteiger partial charge is 0.362 e. The molecule has 2 heterocycles. The van der Waals surface area contributed by atoms with Crippen LogP contribution in [0.4, 0.5) is 0 Å². The summed E-state index contributed by atoms with van der Waals surface area (Å²) in [5.41, 5.74) is 0.959. The van der Waals surface area contributed by atoms with Crippen molar-refractivity contribution in [1.29, 1.82) is 0 Å². The molecule has 0 amide bonds. The summed E-state index contributed by atoms with van der Waals surface area (Å²) in [6.07, 6.45) is 0.0798. The van der Waals surface area contributed by atoms with Crippen molar-refractivity contribution in [3.8, 4) is 0 Å². The number of rotatable bonds is 1. The summed E-state index contributed by atoms with van der Waals surface area (Å²) in [5, 5.41) is 4.49. The van der Waals surface area contributed by atoms with Gasteiger partial charge >= 0.3 is 0 Å². The van der Waals surface area contributed by atoms with E-state index in [0.717, 1.165) is 23.6 Å². The minimum Gasteiger partial charge on any atom is -0.362 e. The number of nitrogens with one attached hydrogen (secondary N) is 1. The van der Waals surface area contributed by atoms with Gasteiger partial charge in [0.2, 0.25) is 0 Å². The fraction of sp³-hybridized carbons (Fsp3) is 0.462. The van der Waals surface area contributed by atoms with Crippen molar-refractivity contribution in [2.75, 3.05) is 13.1 Å². The van der Waals surface area contributed by atoms with Crippen LogP contribution in [-0.4, -0.2) is 23.7 Å². The third-order valence-electron chi connectivity index (χ3n) is 2.93. The Morgan fingerprint density at radius 1 is 1.41 bits per heavy atom. The molecule has 0 saturated carbocycles. The number of ether oxygens (including phenoxy) is 1. The summed E-state index contributed by atoms with van der Waals surface area (Å²) < 4.78 is 7.31. The molecule has 90 valence electrons. The first-order chi connectivity index (χ1) is 8.14. The molecule has 1 atom stereocenters. The third-order valence-corrected chi connectivity index (χ3v) is 4.06. The number of hydrogen-bond acceptors (Lipinski definition) is 4. The van der Waals surface area contributed by atoms with Gasteiger partial charge in [0.15, 0.2) is 0 Å². The molecule has 3 nitrogen and oxygen atoms in total. The second kappa shape index (κ2) is 4.05. The number of hydrogen-bond donors (Lipinski definition) is 1. The van der Waals surface area contributed by atoms with Crippen LogP contribution in [0.1, 0.15) is 25.0 Å². The molecule has 1 aromatic carbocycles. The van der Waals surface area contributed by atoms with E-state index in [9.17, 15) is 0 Å². The SMILES string of the molecule is CC1(C)CNCC(c2nc3ccccc3s2)O1. The van der Waals surface area contributed by atoms with E-state index >= 15 is 0 Å². The van der Waals surface area contributed by atoms with E-state index < -0.39 is 0 Å². The lowest BCUT2D eigenvalue weighted by Crippen LogP contribution is -2.46. The van der Waals surface area contributed by atoms with Crippen LogP contribution in [0.5, 0.6) is 0 Å². The Labute approximate surface area is 105 Å². The van der Waals surface area contributed by atoms with Crippen LogP contribution in [0.2, 0.25) is 0 Å². The molecule has 0 radical (unpaired) electrons. The van der Waals surface area contributed by atoms with Crippen LogP contribution < -0.4 is 5.32 Å². The highest BCUT2D eigenvalue weighted by Crippen LogP contribution is 2.32. The average Bonchev–Trinajstić information content (AvgIpc) is 2.71. The molecule has 4 heteroatoms. The van der Waals surface area contributed by atoms with E-state index in [4.69, 9.17) is 4.74 Å². The summed E-state index contributed by atoms with van der Waals surface area (Å²) in [7, 11) is 0. The Hall–Kier alpha value is -0.970. The fourth-order valence-electron chi connectivity index (χ4n) is 2.14. The van der Waals surface area contributed by atoms with E-state index in [1.165, 1.54) is 4.70 Å². The van der Waals surface area contributed by atoms with E-state index in [-0.39, 0.29) is 11.7 Å². The van der Waals surface area contributed by atoms with Gasteiger partial charge in [-0.15, -0.1) is 11.3 Å². The van der Waals surface area contributed by atoms with Gasteiger partial charge in [-0.05, 0) is 26.0 Å². The molecule has 3 rings (SSSR count). The lowest BCUT2D eigenvalue weighted by molar-refractivity contribution is -0.0958. The van der Waals surface area contributed by atoms with Gasteiger partial charge in [-0.25, -0.2) is 4.98 Å². The van der Waals surface area contributed by atoms with Crippen LogP contribution >= 0.6 is 11.3 Å². The summed E-state index contributed by atoms with van der Waals surface area (Å²) >= 11 is 1.73. The maximum absolute atomic E-state index is 6.07. The van der Waals surface area contributed by atoms with Crippen LogP contribution in [0.15, 0.2) is 24.3 Å². The lowest BCUT2D eigenvalue weighted by Gasteiger charge is -2.35. The van der Waals surface area contributed by atoms with Crippen molar-refractivity contribution in [2.45, 2.75) is 25.6 Å². The van der Waals surface area contributed by atoms with Crippen molar-refractivity contribution >= 4 is 21.6 Å². The van der Waals surface area contributed by atoms with Crippen LogP contribution in [0, 0.1) is 0 Å². The van der Waals surface area contributed by atoms with Crippen molar-refractivity contribution in [1.82, 2.24) is 10.3 Å². The molecule has 2 aromatic rings. The Morgan fingerprint density at radius 3 is 3.00 bits per heavy atom. The van der Waals surface area contributed by atoms with Crippen LogP contribution in [-0.2, 0) is 4.74 Å². The third kappa shape index (κ3) is 2.20. The molecule has 0 bridgehead atoms. The number of fused-ring (bicyclic) bond motifs is 1. The molecular weight excluding hydrogens is 232 g/mol. The molecule has 1 N–H and O–H groups in total. The van der Waals surface area contributed by atoms with E-state index in [1.807, 2.05) is 12.1 Å². The van der Waals surface area contributed by atoms with Crippen molar-refractivity contribution < 1.29 is 4.74 Å². The summed E-state index contributed by atoms with van der Waals surface area (Å²) in [4.78, 5) is 4.66. The first-order valence-electron chi connectivity index (χ1n) is 5.88. The minimum absolute atomic E-state index is 0.0798. The van der Waals surface area contributed by atoms with Gasteiger partial charge in [0.05, 0.1) is 15.8 Å². The van der Waals surface area contributed by atoms with Crippen molar-refractivity contribution in [3.05, 3.63) is 29.3 Å². The smallest absolute Gasteiger partial charge is 0.124 e. The second-order valence-corrected chi connectivity index (χ2v) is 6.08. The normalized spacial score (nSPS) is 24.0. The highest BCUT2D eigenvalue weighted by molar-refractivity contribution is 7.18. The first-order valence-corrected chi connectivity index (χ1v) is 6.70. The van der Waals surface area contributed by atoms with E-state index in [2.05, 4.69) is 36.3 Å². The fourth-order valence-corrected chi connectivity index (χ4v) is 3.14. The summed E-state index contributed by atoms with van der Waals surface area (Å²) in [5.74, 6) is 0. The molecule has 1 aromatic heterocycles. The molecule has 1 aliphatic rings. The van der Waals surface area contributed by atoms with Gasteiger partial charge in [-0.2, -0.15) is 0 Å². The number of para-hydroxylation sites is 1. The van der Waals surface area contributed by atoms with E-state index in [1.54, 1.807) is 11.3 Å². The molecule has 1 aliphatic heterocycles. The van der Waals surface area contributed by atoms with Gasteiger partial charge in [-0.3, -0.25) is 0 Å². The van der Waals surface area contributed by atoms with Gasteiger partial charge in [0.25, 0.3) is 0 Å². The standard InChI is InChI=1S/C13H16N2OS/c1-13(2)8-14-7-10(16-13)12-15-9-5-3-4-6-11(9)17-12/h3-6,10,14H,7-8H2,1-2H3. The van der Waals surface area contributed by atoms with E-state index in [0.29, 0.717) is 0 Å². The van der Waals surface area contributed by atoms with Gasteiger partial charge in [0.1, 0.15) is 11.1 Å².